The summed E-state index contributed by atoms with van der Waals surface area (Å²) in [6.45, 7) is 13.1. The van der Waals surface area contributed by atoms with E-state index >= 15 is 0 Å². The molecule has 2 heterocycles. The zero-order chi connectivity index (χ0) is 27.8. The van der Waals surface area contributed by atoms with Crippen LogP contribution in [0.25, 0.3) is 0 Å². The number of carbonyl (C=O) groups excluding carboxylic acids is 2. The maximum atomic E-state index is 12.8. The summed E-state index contributed by atoms with van der Waals surface area (Å²) in [5.41, 5.74) is 1.22. The normalized spacial score (nSPS) is 15.7. The van der Waals surface area contributed by atoms with Gasteiger partial charge in [0.15, 0.2) is 0 Å². The van der Waals surface area contributed by atoms with Gasteiger partial charge in [-0.05, 0) is 72.2 Å². The van der Waals surface area contributed by atoms with E-state index in [-0.39, 0.29) is 23.5 Å². The number of benzene rings is 1. The number of methoxy groups -OCH3 is 2. The highest BCUT2D eigenvalue weighted by Crippen LogP contribution is 2.37. The molecule has 2 unspecified atom stereocenters. The predicted octanol–water partition coefficient (Wildman–Crippen LogP) is 3.81. The Hall–Kier alpha value is -3.58. The Morgan fingerprint density at radius 1 is 1.24 bits per heavy atom. The molecule has 1 aliphatic heterocycles. The minimum absolute atomic E-state index is 0.105. The Morgan fingerprint density at radius 2 is 1.86 bits per heavy atom. The lowest BCUT2D eigenvalue weighted by Gasteiger charge is -2.17. The lowest BCUT2D eigenvalue weighted by Crippen LogP contribution is -2.20. The van der Waals surface area contributed by atoms with Crippen LogP contribution in [0.4, 0.5) is 5.82 Å². The first-order valence-corrected chi connectivity index (χ1v) is 12.3. The quantitative estimate of drug-likeness (QED) is 0.481. The molecule has 1 aromatic heterocycles. The summed E-state index contributed by atoms with van der Waals surface area (Å²) >= 11 is 0. The molecule has 0 aliphatic carbocycles. The number of nitrogens with one attached hydrogen (secondary N) is 2. The molecule has 2 N–H and O–H groups in total. The number of rotatable bonds is 9. The van der Waals surface area contributed by atoms with Crippen LogP contribution >= 0.6 is 0 Å². The number of aromatic nitrogens is 2. The Bertz CT molecular complexity index is 1090. The van der Waals surface area contributed by atoms with Crippen LogP contribution in [0.1, 0.15) is 76.7 Å². The smallest absolute Gasteiger partial charge is 0.293 e. The number of carbonyl (C=O) groups is 2. The van der Waals surface area contributed by atoms with Crippen molar-refractivity contribution in [2.75, 3.05) is 32.6 Å². The number of anilines is 1. The molecule has 3 rings (SSSR count). The molecule has 0 radical (unpaired) electrons. The van der Waals surface area contributed by atoms with Crippen molar-refractivity contribution in [1.82, 2.24) is 15.1 Å². The Kier molecular flexibility index (Phi) is 10.5. The van der Waals surface area contributed by atoms with Crippen LogP contribution < -0.4 is 20.1 Å². The largest absolute Gasteiger partial charge is 0.497 e. The maximum absolute atomic E-state index is 12.8. The molecule has 1 aliphatic rings. The van der Waals surface area contributed by atoms with Crippen LogP contribution in [0.15, 0.2) is 18.2 Å². The monoisotopic (exact) mass is 513 g/mol. The van der Waals surface area contributed by atoms with Crippen LogP contribution in [0.2, 0.25) is 0 Å². The number of Topliss-reactive ketones (excluding diaryl/α,β-unsaturated/α-hetero) is 1. The fraction of sp³-hybridized carbons (Fsp3) is 0.556. The van der Waals surface area contributed by atoms with Crippen molar-refractivity contribution in [2.24, 2.45) is 0 Å². The number of ether oxygens (including phenoxy) is 3. The summed E-state index contributed by atoms with van der Waals surface area (Å²) in [5, 5.41) is 21.6. The van der Waals surface area contributed by atoms with E-state index in [1.165, 1.54) is 6.92 Å². The standard InChI is InChI=1S/C22H29N5O3.C5H10O2/c1-13(2)25-22-19(11-23)21(26-27(22)16-6-7-24-12-16)20(14(3)28)15-8-17(29-4)10-18(9-15)30-5;1-5(2,3)7-4-6/h8-10,13,16,20,24-25H,6-7,12H2,1-5H3;4H,1-3H3. The topological polar surface area (TPSA) is 128 Å². The lowest BCUT2D eigenvalue weighted by molar-refractivity contribution is -0.138. The summed E-state index contributed by atoms with van der Waals surface area (Å²) in [4.78, 5) is 22.4. The zero-order valence-corrected chi connectivity index (χ0v) is 23.0. The van der Waals surface area contributed by atoms with Crippen molar-refractivity contribution in [3.05, 3.63) is 35.0 Å². The summed E-state index contributed by atoms with van der Waals surface area (Å²) < 4.78 is 17.2. The number of hydrogen-bond acceptors (Lipinski definition) is 9. The summed E-state index contributed by atoms with van der Waals surface area (Å²) in [5.74, 6) is 1.01. The van der Waals surface area contributed by atoms with Crippen molar-refractivity contribution in [3.8, 4) is 17.6 Å². The van der Waals surface area contributed by atoms with Crippen molar-refractivity contribution < 1.29 is 23.8 Å². The average molecular weight is 514 g/mol. The van der Waals surface area contributed by atoms with Crippen LogP contribution in [0.3, 0.4) is 0 Å². The minimum Gasteiger partial charge on any atom is -0.497 e. The molecule has 2 atom stereocenters. The fourth-order valence-corrected chi connectivity index (χ4v) is 4.01. The SMILES string of the molecule is CC(C)(C)OC=O.COc1cc(OC)cc(C(C(C)=O)c2nn(C3CCNC3)c(NC(C)C)c2C#N)c1. The molecule has 0 spiro atoms. The predicted molar refractivity (Wildman–Crippen MR) is 141 cm³/mol. The third-order valence-corrected chi connectivity index (χ3v) is 5.64. The van der Waals surface area contributed by atoms with Gasteiger partial charge in [-0.1, -0.05) is 0 Å². The Morgan fingerprint density at radius 3 is 2.24 bits per heavy atom. The van der Waals surface area contributed by atoms with Gasteiger partial charge in [-0.3, -0.25) is 9.59 Å². The van der Waals surface area contributed by atoms with Gasteiger partial charge in [0.25, 0.3) is 6.47 Å². The van der Waals surface area contributed by atoms with Crippen LogP contribution in [-0.4, -0.2) is 61.0 Å². The fourth-order valence-electron chi connectivity index (χ4n) is 4.01. The zero-order valence-electron chi connectivity index (χ0n) is 23.0. The molecule has 202 valence electrons. The molecule has 1 saturated heterocycles. The van der Waals surface area contributed by atoms with Gasteiger partial charge in [-0.25, -0.2) is 4.68 Å². The van der Waals surface area contributed by atoms with E-state index in [0.717, 1.165) is 19.5 Å². The molecule has 10 heteroatoms. The molecular formula is C27H39N5O5. The highest BCUT2D eigenvalue weighted by atomic mass is 16.5. The third-order valence-electron chi connectivity index (χ3n) is 5.64. The molecule has 0 amide bonds. The highest BCUT2D eigenvalue weighted by molar-refractivity contribution is 5.88. The van der Waals surface area contributed by atoms with Gasteiger partial charge in [0.05, 0.1) is 31.9 Å². The van der Waals surface area contributed by atoms with E-state index in [4.69, 9.17) is 14.6 Å². The first-order valence-electron chi connectivity index (χ1n) is 12.3. The van der Waals surface area contributed by atoms with Gasteiger partial charge < -0.3 is 24.8 Å². The molecule has 0 bridgehead atoms. The van der Waals surface area contributed by atoms with E-state index < -0.39 is 5.92 Å². The minimum atomic E-state index is -0.702. The number of ketones is 1. The average Bonchev–Trinajstić information content (AvgIpc) is 3.46. The molecule has 10 nitrogen and oxygen atoms in total. The van der Waals surface area contributed by atoms with E-state index in [9.17, 15) is 14.9 Å². The molecular weight excluding hydrogens is 474 g/mol. The van der Waals surface area contributed by atoms with Crippen LogP contribution in [-0.2, 0) is 14.3 Å². The van der Waals surface area contributed by atoms with Crippen molar-refractivity contribution >= 4 is 18.1 Å². The maximum Gasteiger partial charge on any atom is 0.293 e. The van der Waals surface area contributed by atoms with Crippen molar-refractivity contribution in [2.45, 2.75) is 71.6 Å². The lowest BCUT2D eigenvalue weighted by atomic mass is 9.89. The second-order valence-electron chi connectivity index (χ2n) is 10.1. The molecule has 1 aromatic carbocycles. The number of nitrogens with zero attached hydrogens (tertiary/aromatic N) is 3. The second-order valence-corrected chi connectivity index (χ2v) is 10.1. The molecule has 37 heavy (non-hydrogen) atoms. The van der Waals surface area contributed by atoms with Gasteiger partial charge in [-0.2, -0.15) is 10.4 Å². The van der Waals surface area contributed by atoms with Crippen molar-refractivity contribution in [3.63, 3.8) is 0 Å². The van der Waals surface area contributed by atoms with Gasteiger partial charge in [0.2, 0.25) is 0 Å². The van der Waals surface area contributed by atoms with E-state index in [0.29, 0.717) is 40.6 Å². The molecule has 2 aromatic rings. The van der Waals surface area contributed by atoms with Gasteiger partial charge >= 0.3 is 0 Å². The Labute approximate surface area is 219 Å². The van der Waals surface area contributed by atoms with E-state index in [1.54, 1.807) is 32.4 Å². The van der Waals surface area contributed by atoms with Crippen molar-refractivity contribution in [1.29, 1.82) is 5.26 Å². The van der Waals surface area contributed by atoms with E-state index in [1.807, 2.05) is 39.3 Å². The number of nitriles is 1. The van der Waals surface area contributed by atoms with E-state index in [2.05, 4.69) is 21.4 Å². The van der Waals surface area contributed by atoms with Gasteiger partial charge in [0, 0.05) is 18.7 Å². The molecule has 0 saturated carbocycles. The highest BCUT2D eigenvalue weighted by Gasteiger charge is 2.32. The summed E-state index contributed by atoms with van der Waals surface area (Å²) in [7, 11) is 3.13. The Balaban J connectivity index is 0.000000604. The first kappa shape index (κ1) is 29.6. The second kappa shape index (κ2) is 13.1. The summed E-state index contributed by atoms with van der Waals surface area (Å²) in [6.07, 6.45) is 0.913. The van der Waals surface area contributed by atoms with Gasteiger partial charge in [0.1, 0.15) is 40.3 Å². The molecule has 1 fully saturated rings. The van der Waals surface area contributed by atoms with Crippen LogP contribution in [0, 0.1) is 11.3 Å². The third kappa shape index (κ3) is 7.95. The van der Waals surface area contributed by atoms with Gasteiger partial charge in [-0.15, -0.1) is 0 Å². The summed E-state index contributed by atoms with van der Waals surface area (Å²) in [6, 6.07) is 7.87. The number of hydrogen-bond donors (Lipinski definition) is 2. The first-order chi connectivity index (χ1) is 17.4. The van der Waals surface area contributed by atoms with Crippen LogP contribution in [0.5, 0.6) is 11.5 Å².